The second-order valence-electron chi connectivity index (χ2n) is 17.2. The molecule has 0 spiro atoms. The summed E-state index contributed by atoms with van der Waals surface area (Å²) in [6, 6.07) is 4.35. The maximum absolute atomic E-state index is 14.6. The molecule has 9 nitrogen and oxygen atoms in total. The van der Waals surface area contributed by atoms with E-state index < -0.39 is 54.0 Å². The van der Waals surface area contributed by atoms with Crippen molar-refractivity contribution in [1.29, 1.82) is 0 Å². The lowest BCUT2D eigenvalue weighted by Crippen LogP contribution is -2.42. The lowest BCUT2D eigenvalue weighted by atomic mass is 9.64. The third kappa shape index (κ3) is 10.0. The predicted octanol–water partition coefficient (Wildman–Crippen LogP) is 9.70. The van der Waals surface area contributed by atoms with Gasteiger partial charge >= 0.3 is 18.3 Å². The zero-order valence-electron chi connectivity index (χ0n) is 32.2. The summed E-state index contributed by atoms with van der Waals surface area (Å²) < 4.78 is 119. The van der Waals surface area contributed by atoms with Crippen molar-refractivity contribution >= 4 is 22.8 Å². The molecule has 4 saturated carbocycles. The smallest absolute Gasteiger partial charge is 0.434 e. The lowest BCUT2D eigenvalue weighted by molar-refractivity contribution is -0.149. The number of nitrogens with zero attached hydrogens (tertiary/aromatic N) is 4. The van der Waals surface area contributed by atoms with E-state index in [4.69, 9.17) is 4.74 Å². The molecule has 318 valence electrons. The number of nitrogens with one attached hydrogen (secondary N) is 1. The molecule has 2 heterocycles. The number of fused-ring (bicyclic) bond motifs is 3. The highest BCUT2D eigenvalue weighted by Gasteiger charge is 2.41. The number of carbonyl (C=O) groups is 2. The van der Waals surface area contributed by atoms with Crippen molar-refractivity contribution in [3.8, 4) is 17.1 Å². The average molecular weight is 828 g/mol. The van der Waals surface area contributed by atoms with E-state index in [1.807, 2.05) is 0 Å². The molecule has 2 bridgehead atoms. The summed E-state index contributed by atoms with van der Waals surface area (Å²) in [4.78, 5) is 34.0. The van der Waals surface area contributed by atoms with Crippen LogP contribution in [0.1, 0.15) is 112 Å². The monoisotopic (exact) mass is 827 g/mol. The molecule has 58 heavy (non-hydrogen) atoms. The maximum atomic E-state index is 14.6. The van der Waals surface area contributed by atoms with E-state index in [2.05, 4.69) is 15.3 Å². The van der Waals surface area contributed by atoms with E-state index in [1.165, 1.54) is 11.9 Å². The van der Waals surface area contributed by atoms with Crippen LogP contribution >= 0.6 is 0 Å². The van der Waals surface area contributed by atoms with Crippen molar-refractivity contribution in [3.05, 3.63) is 41.9 Å². The molecule has 2 N–H and O–H groups in total. The molecule has 7 rings (SSSR count). The van der Waals surface area contributed by atoms with Gasteiger partial charge in [0.1, 0.15) is 5.75 Å². The van der Waals surface area contributed by atoms with Gasteiger partial charge in [0, 0.05) is 67.3 Å². The Hall–Kier alpha value is -4.02. The number of benzene rings is 1. The van der Waals surface area contributed by atoms with E-state index in [0.29, 0.717) is 54.2 Å². The molecule has 1 amide bonds. The summed E-state index contributed by atoms with van der Waals surface area (Å²) >= 11 is 0. The van der Waals surface area contributed by atoms with Crippen LogP contribution in [0.2, 0.25) is 0 Å². The van der Waals surface area contributed by atoms with Gasteiger partial charge in [-0.25, -0.2) is 18.7 Å². The molecule has 2 aromatic heterocycles. The van der Waals surface area contributed by atoms with E-state index in [9.17, 15) is 49.8 Å². The first-order valence-electron chi connectivity index (χ1n) is 20.2. The highest BCUT2D eigenvalue weighted by Crippen LogP contribution is 2.46. The van der Waals surface area contributed by atoms with Crippen LogP contribution in [0.3, 0.4) is 0 Å². The van der Waals surface area contributed by atoms with Crippen LogP contribution in [0.5, 0.6) is 5.75 Å². The number of carbonyl (C=O) groups excluding carboxylic acids is 1. The number of hydrogen-bond donors (Lipinski definition) is 2. The first-order valence-corrected chi connectivity index (χ1v) is 20.2. The van der Waals surface area contributed by atoms with Crippen LogP contribution < -0.4 is 10.1 Å². The van der Waals surface area contributed by atoms with Crippen LogP contribution in [0.4, 0.5) is 35.1 Å². The SMILES string of the molecule is CN(CC(F)(F)F)C1CCC(Oc2ccc3c(-c4ncc(C(=O)NCC5CC6CC(CC(=O)O)C[C@@H](C5)C6)c(C(F)(F)F)n4)cn(C4CCC(F)(F)CC4)c3c2)CC1. The number of hydrogen-bond acceptors (Lipinski definition) is 6. The molecule has 4 aliphatic rings. The number of aromatic nitrogens is 3. The Kier molecular flexibility index (Phi) is 12.0. The van der Waals surface area contributed by atoms with Crippen molar-refractivity contribution in [2.45, 2.75) is 126 Å². The van der Waals surface area contributed by atoms with E-state index >= 15 is 0 Å². The van der Waals surface area contributed by atoms with Gasteiger partial charge in [-0.2, -0.15) is 26.3 Å². The summed E-state index contributed by atoms with van der Waals surface area (Å²) in [7, 11) is 1.45. The Morgan fingerprint density at radius 1 is 0.948 bits per heavy atom. The highest BCUT2D eigenvalue weighted by molar-refractivity contribution is 5.97. The van der Waals surface area contributed by atoms with Crippen molar-refractivity contribution < 1.29 is 54.6 Å². The van der Waals surface area contributed by atoms with Crippen molar-refractivity contribution in [3.63, 3.8) is 0 Å². The van der Waals surface area contributed by atoms with E-state index in [0.717, 1.165) is 38.3 Å². The fourth-order valence-electron chi connectivity index (χ4n) is 10.2. The summed E-state index contributed by atoms with van der Waals surface area (Å²) in [5, 5.41) is 12.4. The molecule has 1 aromatic carbocycles. The lowest BCUT2D eigenvalue weighted by Gasteiger charge is -2.42. The zero-order valence-corrected chi connectivity index (χ0v) is 32.2. The van der Waals surface area contributed by atoms with Crippen molar-refractivity contribution in [2.24, 2.45) is 23.7 Å². The molecule has 0 radical (unpaired) electrons. The normalized spacial score (nSPS) is 26.8. The second kappa shape index (κ2) is 16.6. The highest BCUT2D eigenvalue weighted by atomic mass is 19.4. The Morgan fingerprint density at radius 2 is 1.60 bits per heavy atom. The van der Waals surface area contributed by atoms with Gasteiger partial charge in [-0.3, -0.25) is 14.5 Å². The molecule has 17 heteroatoms. The van der Waals surface area contributed by atoms with Crippen LogP contribution in [0.15, 0.2) is 30.6 Å². The number of aliphatic carboxylic acids is 1. The molecular formula is C41H49F8N5O4. The number of alkyl halides is 8. The summed E-state index contributed by atoms with van der Waals surface area (Å²) in [5.41, 5.74) is -1.38. The number of carboxylic acid groups (broad SMARTS) is 1. The Morgan fingerprint density at radius 3 is 2.22 bits per heavy atom. The number of ether oxygens (including phenoxy) is 1. The molecule has 0 saturated heterocycles. The first kappa shape index (κ1) is 42.1. The van der Waals surface area contributed by atoms with Gasteiger partial charge in [-0.05, 0) is 113 Å². The third-order valence-corrected chi connectivity index (χ3v) is 12.8. The molecule has 0 aliphatic heterocycles. The molecule has 4 atom stereocenters. The molecule has 4 fully saturated rings. The average Bonchev–Trinajstić information content (AvgIpc) is 3.51. The number of amides is 1. The Balaban J connectivity index is 1.10. The second-order valence-corrected chi connectivity index (χ2v) is 17.2. The summed E-state index contributed by atoms with van der Waals surface area (Å²) in [6.45, 7) is -0.832. The van der Waals surface area contributed by atoms with Gasteiger partial charge in [-0.15, -0.1) is 0 Å². The van der Waals surface area contributed by atoms with Gasteiger partial charge in [0.15, 0.2) is 11.5 Å². The van der Waals surface area contributed by atoms with Crippen molar-refractivity contribution in [1.82, 2.24) is 24.8 Å². The topological polar surface area (TPSA) is 110 Å². The quantitative estimate of drug-likeness (QED) is 0.185. The van der Waals surface area contributed by atoms with E-state index in [1.54, 1.807) is 29.0 Å². The van der Waals surface area contributed by atoms with Crippen LogP contribution in [0, 0.1) is 23.7 Å². The summed E-state index contributed by atoms with van der Waals surface area (Å²) in [6.07, 6.45) is -1.40. The van der Waals surface area contributed by atoms with Gasteiger partial charge in [0.25, 0.3) is 5.91 Å². The summed E-state index contributed by atoms with van der Waals surface area (Å²) in [5.74, 6) is -3.69. The number of halogens is 8. The van der Waals surface area contributed by atoms with Crippen LogP contribution in [-0.2, 0) is 11.0 Å². The Bertz CT molecular complexity index is 1940. The Labute approximate surface area is 330 Å². The molecule has 3 aromatic rings. The number of rotatable bonds is 11. The van der Waals surface area contributed by atoms with Gasteiger partial charge in [0.05, 0.1) is 23.7 Å². The standard InChI is InChI=1S/C41H49F8N5O4/c1-53(22-40(44,45)46)27-2-4-29(5-3-27)58-30-6-7-31-33(21-54(34(31)18-30)28-8-10-39(42,43)11-9-28)37-50-20-32(36(52-37)41(47,48)49)38(57)51-19-26-15-23-12-24(16-26)14-25(13-23)17-35(55)56/h6-7,18,20-21,23-29H,2-5,8-17,19,22H2,1H3,(H,51,57)(H,55,56)/t23-,24?,25?,26?,27?,29?/m0/s1. The minimum atomic E-state index is -5.01. The van der Waals surface area contributed by atoms with Gasteiger partial charge in [-0.1, -0.05) is 0 Å². The van der Waals surface area contributed by atoms with Crippen LogP contribution in [0.25, 0.3) is 22.3 Å². The number of carboxylic acids is 1. The fourth-order valence-corrected chi connectivity index (χ4v) is 10.2. The van der Waals surface area contributed by atoms with Crippen molar-refractivity contribution in [2.75, 3.05) is 20.1 Å². The molecule has 4 aliphatic carbocycles. The van der Waals surface area contributed by atoms with Gasteiger partial charge < -0.3 is 19.7 Å². The zero-order chi connectivity index (χ0) is 41.6. The first-order chi connectivity index (χ1) is 27.3. The fraction of sp³-hybridized carbons (Fsp3) is 0.659. The maximum Gasteiger partial charge on any atom is 0.434 e. The third-order valence-electron chi connectivity index (χ3n) is 12.8. The van der Waals surface area contributed by atoms with E-state index in [-0.39, 0.29) is 74.0 Å². The molecule has 3 unspecified atom stereocenters. The predicted molar refractivity (Wildman–Crippen MR) is 197 cm³/mol. The van der Waals surface area contributed by atoms with Crippen LogP contribution in [-0.4, -0.2) is 80.8 Å². The minimum Gasteiger partial charge on any atom is -0.490 e. The largest absolute Gasteiger partial charge is 0.490 e. The van der Waals surface area contributed by atoms with Gasteiger partial charge in [0.2, 0.25) is 5.92 Å². The molecular weight excluding hydrogens is 778 g/mol. The minimum absolute atomic E-state index is 0.0488.